The van der Waals surface area contributed by atoms with Crippen molar-refractivity contribution in [2.45, 2.75) is 32.9 Å². The van der Waals surface area contributed by atoms with Gasteiger partial charge in [0.25, 0.3) is 0 Å². The summed E-state index contributed by atoms with van der Waals surface area (Å²) < 4.78 is 1.06. The van der Waals surface area contributed by atoms with E-state index in [2.05, 4.69) is 58.3 Å². The molecule has 4 heteroatoms. The number of hydrogen-bond acceptors (Lipinski definition) is 3. The highest BCUT2D eigenvalue weighted by atomic mass is 79.9. The summed E-state index contributed by atoms with van der Waals surface area (Å²) in [5.41, 5.74) is 2.17. The van der Waals surface area contributed by atoms with Gasteiger partial charge in [0.15, 0.2) is 0 Å². The van der Waals surface area contributed by atoms with Crippen molar-refractivity contribution in [1.29, 1.82) is 0 Å². The van der Waals surface area contributed by atoms with E-state index in [9.17, 15) is 5.11 Å². The van der Waals surface area contributed by atoms with Crippen LogP contribution in [0.3, 0.4) is 0 Å². The Labute approximate surface area is 128 Å². The van der Waals surface area contributed by atoms with Crippen molar-refractivity contribution in [3.05, 3.63) is 40.5 Å². The number of pyridine rings is 1. The van der Waals surface area contributed by atoms with Gasteiger partial charge in [-0.05, 0) is 30.0 Å². The van der Waals surface area contributed by atoms with Crippen LogP contribution in [0.1, 0.15) is 25.8 Å². The van der Waals surface area contributed by atoms with Gasteiger partial charge in [-0.2, -0.15) is 0 Å². The summed E-state index contributed by atoms with van der Waals surface area (Å²) in [6.07, 6.45) is 2.79. The zero-order chi connectivity index (χ0) is 14.5. The molecule has 1 aromatic carbocycles. The van der Waals surface area contributed by atoms with Crippen LogP contribution < -0.4 is 5.32 Å². The van der Waals surface area contributed by atoms with Crippen LogP contribution >= 0.6 is 15.9 Å². The van der Waals surface area contributed by atoms with Gasteiger partial charge in [-0.3, -0.25) is 4.98 Å². The molecule has 20 heavy (non-hydrogen) atoms. The summed E-state index contributed by atoms with van der Waals surface area (Å²) in [5.74, 6) is 0.569. The molecule has 108 valence electrons. The van der Waals surface area contributed by atoms with E-state index in [1.54, 1.807) is 0 Å². The van der Waals surface area contributed by atoms with Gasteiger partial charge in [0, 0.05) is 28.6 Å². The third-order valence-corrected chi connectivity index (χ3v) is 4.05. The minimum atomic E-state index is 0.136. The number of hydrogen-bond donors (Lipinski definition) is 2. The summed E-state index contributed by atoms with van der Waals surface area (Å²) in [7, 11) is 0. The first-order chi connectivity index (χ1) is 9.61. The molecule has 3 nitrogen and oxygen atoms in total. The molecule has 2 N–H and O–H groups in total. The van der Waals surface area contributed by atoms with Crippen LogP contribution in [-0.4, -0.2) is 22.7 Å². The minimum absolute atomic E-state index is 0.136. The Bertz CT molecular complexity index is 571. The molecule has 0 saturated heterocycles. The Hall–Kier alpha value is -0.970. The summed E-state index contributed by atoms with van der Waals surface area (Å²) >= 11 is 3.56. The number of fused-ring (bicyclic) bond motifs is 1. The van der Waals surface area contributed by atoms with Crippen LogP contribution in [0.2, 0.25) is 0 Å². The van der Waals surface area contributed by atoms with Crippen LogP contribution in [0.15, 0.2) is 34.9 Å². The average molecular weight is 337 g/mol. The molecule has 1 unspecified atom stereocenters. The van der Waals surface area contributed by atoms with Crippen molar-refractivity contribution in [2.75, 3.05) is 6.61 Å². The molecule has 0 radical (unpaired) electrons. The first-order valence-corrected chi connectivity index (χ1v) is 7.77. The number of aliphatic hydroxyl groups is 1. The Morgan fingerprint density at radius 3 is 2.80 bits per heavy atom. The predicted molar refractivity (Wildman–Crippen MR) is 86.6 cm³/mol. The van der Waals surface area contributed by atoms with Gasteiger partial charge in [-0.1, -0.05) is 41.9 Å². The predicted octanol–water partition coefficient (Wildman–Crippen LogP) is 3.49. The van der Waals surface area contributed by atoms with Gasteiger partial charge in [0.1, 0.15) is 0 Å². The first kappa shape index (κ1) is 15.4. The number of benzene rings is 1. The third-order valence-electron chi connectivity index (χ3n) is 3.36. The molecule has 0 fully saturated rings. The summed E-state index contributed by atoms with van der Waals surface area (Å²) in [6.45, 7) is 5.22. The van der Waals surface area contributed by atoms with Crippen LogP contribution in [0.25, 0.3) is 10.9 Å². The van der Waals surface area contributed by atoms with Crippen LogP contribution in [0.5, 0.6) is 0 Å². The molecule has 0 spiro atoms. The smallest absolute Gasteiger partial charge is 0.0758 e. The number of nitrogens with zero attached hydrogens (tertiary/aromatic N) is 1. The molecule has 0 aliphatic carbocycles. The molecule has 0 saturated carbocycles. The summed E-state index contributed by atoms with van der Waals surface area (Å²) in [5, 5.41) is 14.0. The quantitative estimate of drug-likeness (QED) is 0.848. The largest absolute Gasteiger partial charge is 0.395 e. The van der Waals surface area contributed by atoms with Crippen molar-refractivity contribution in [2.24, 2.45) is 5.92 Å². The molecule has 0 bridgehead atoms. The van der Waals surface area contributed by atoms with Crippen LogP contribution in [-0.2, 0) is 6.54 Å². The van der Waals surface area contributed by atoms with E-state index >= 15 is 0 Å². The van der Waals surface area contributed by atoms with Crippen LogP contribution in [0.4, 0.5) is 0 Å². The van der Waals surface area contributed by atoms with E-state index in [1.165, 1.54) is 0 Å². The highest BCUT2D eigenvalue weighted by molar-refractivity contribution is 9.10. The molecule has 1 atom stereocenters. The van der Waals surface area contributed by atoms with E-state index in [0.29, 0.717) is 5.92 Å². The van der Waals surface area contributed by atoms with Crippen molar-refractivity contribution in [1.82, 2.24) is 10.3 Å². The van der Waals surface area contributed by atoms with Crippen molar-refractivity contribution < 1.29 is 5.11 Å². The maximum Gasteiger partial charge on any atom is 0.0758 e. The minimum Gasteiger partial charge on any atom is -0.395 e. The molecule has 1 aromatic heterocycles. The number of halogens is 1. The maximum atomic E-state index is 9.42. The standard InChI is InChI=1S/C16H21BrN2O/c1-11(2)8-13(10-20)19-9-12-5-6-15(17)14-4-3-7-18-16(12)14/h3-7,11,13,19-20H,8-10H2,1-2H3. The fourth-order valence-electron chi connectivity index (χ4n) is 2.38. The lowest BCUT2D eigenvalue weighted by atomic mass is 10.0. The Balaban J connectivity index is 2.16. The van der Waals surface area contributed by atoms with Gasteiger partial charge < -0.3 is 10.4 Å². The number of nitrogens with one attached hydrogen (secondary N) is 1. The highest BCUT2D eigenvalue weighted by Gasteiger charge is 2.11. The van der Waals surface area contributed by atoms with Gasteiger partial charge in [0.2, 0.25) is 0 Å². The molecule has 0 aliphatic heterocycles. The first-order valence-electron chi connectivity index (χ1n) is 6.98. The second kappa shape index (κ2) is 7.16. The zero-order valence-corrected chi connectivity index (χ0v) is 13.5. The normalized spacial score (nSPS) is 13.1. The van der Waals surface area contributed by atoms with E-state index in [1.807, 2.05) is 12.3 Å². The number of aliphatic hydroxyl groups excluding tert-OH is 1. The monoisotopic (exact) mass is 336 g/mol. The second-order valence-corrected chi connectivity index (χ2v) is 6.35. The Morgan fingerprint density at radius 1 is 1.30 bits per heavy atom. The lowest BCUT2D eigenvalue weighted by Crippen LogP contribution is -2.33. The number of rotatable bonds is 6. The number of aromatic nitrogens is 1. The second-order valence-electron chi connectivity index (χ2n) is 5.50. The maximum absolute atomic E-state index is 9.42. The van der Waals surface area contributed by atoms with E-state index in [-0.39, 0.29) is 12.6 Å². The van der Waals surface area contributed by atoms with Crippen molar-refractivity contribution >= 4 is 26.8 Å². The molecule has 2 aromatic rings. The fourth-order valence-corrected chi connectivity index (χ4v) is 2.84. The Morgan fingerprint density at radius 2 is 2.10 bits per heavy atom. The van der Waals surface area contributed by atoms with Crippen molar-refractivity contribution in [3.63, 3.8) is 0 Å². The third kappa shape index (κ3) is 3.78. The molecule has 0 aliphatic rings. The van der Waals surface area contributed by atoms with Gasteiger partial charge in [-0.25, -0.2) is 0 Å². The Kier molecular flexibility index (Phi) is 5.52. The summed E-state index contributed by atoms with van der Waals surface area (Å²) in [4.78, 5) is 4.47. The molecular formula is C16H21BrN2O. The fraction of sp³-hybridized carbons (Fsp3) is 0.438. The van der Waals surface area contributed by atoms with Gasteiger partial charge in [-0.15, -0.1) is 0 Å². The molecule has 0 amide bonds. The summed E-state index contributed by atoms with van der Waals surface area (Å²) in [6, 6.07) is 8.28. The topological polar surface area (TPSA) is 45.1 Å². The molecular weight excluding hydrogens is 316 g/mol. The van der Waals surface area contributed by atoms with E-state index in [4.69, 9.17) is 0 Å². The van der Waals surface area contributed by atoms with E-state index in [0.717, 1.165) is 33.9 Å². The lowest BCUT2D eigenvalue weighted by Gasteiger charge is -2.18. The van der Waals surface area contributed by atoms with Gasteiger partial charge in [0.05, 0.1) is 12.1 Å². The van der Waals surface area contributed by atoms with Crippen LogP contribution in [0, 0.1) is 5.92 Å². The molecule has 2 rings (SSSR count). The highest BCUT2D eigenvalue weighted by Crippen LogP contribution is 2.25. The molecule has 1 heterocycles. The average Bonchev–Trinajstić information content (AvgIpc) is 2.45. The SMILES string of the molecule is CC(C)CC(CO)NCc1ccc(Br)c2cccnc12. The van der Waals surface area contributed by atoms with Crippen molar-refractivity contribution in [3.8, 4) is 0 Å². The van der Waals surface area contributed by atoms with Gasteiger partial charge >= 0.3 is 0 Å². The zero-order valence-electron chi connectivity index (χ0n) is 11.9. The lowest BCUT2D eigenvalue weighted by molar-refractivity contribution is 0.223. The van der Waals surface area contributed by atoms with E-state index < -0.39 is 0 Å².